The molecule has 2 atom stereocenters. The van der Waals surface area contributed by atoms with E-state index in [-0.39, 0.29) is 6.04 Å². The number of aliphatic carboxylic acids is 1. The van der Waals surface area contributed by atoms with E-state index in [0.717, 1.165) is 52.9 Å². The highest BCUT2D eigenvalue weighted by molar-refractivity contribution is 5.96. The molecule has 2 heterocycles. The lowest BCUT2D eigenvalue weighted by Gasteiger charge is -2.40. The number of carboxylic acids is 1. The second-order valence-electron chi connectivity index (χ2n) is 8.47. The maximum atomic E-state index is 12.4. The number of carboxylic acid groups (broad SMARTS) is 1. The van der Waals surface area contributed by atoms with Crippen LogP contribution in [0.25, 0.3) is 16.6 Å². The largest absolute Gasteiger partial charge is 0.481 e. The molecule has 0 amide bonds. The van der Waals surface area contributed by atoms with Crippen LogP contribution in [0.4, 0.5) is 5.82 Å². The van der Waals surface area contributed by atoms with Crippen molar-refractivity contribution in [2.24, 2.45) is 5.92 Å². The van der Waals surface area contributed by atoms with E-state index >= 15 is 0 Å². The number of fused-ring (bicyclic) bond motifs is 3. The highest BCUT2D eigenvalue weighted by Gasteiger charge is 2.38. The summed E-state index contributed by atoms with van der Waals surface area (Å²) in [6, 6.07) is 16.5. The summed E-state index contributed by atoms with van der Waals surface area (Å²) in [4.78, 5) is 14.8. The van der Waals surface area contributed by atoms with Crippen LogP contribution in [0, 0.1) is 12.8 Å². The van der Waals surface area contributed by atoms with Gasteiger partial charge in [0, 0.05) is 17.5 Å². The Morgan fingerprint density at radius 1 is 1.10 bits per heavy atom. The van der Waals surface area contributed by atoms with Gasteiger partial charge >= 0.3 is 5.97 Å². The zero-order valence-corrected chi connectivity index (χ0v) is 18.8. The van der Waals surface area contributed by atoms with E-state index in [0.29, 0.717) is 6.42 Å². The molecule has 0 aliphatic carbocycles. The van der Waals surface area contributed by atoms with Gasteiger partial charge in [-0.1, -0.05) is 62.2 Å². The van der Waals surface area contributed by atoms with Crippen molar-refractivity contribution in [1.29, 1.82) is 0 Å². The van der Waals surface area contributed by atoms with Gasteiger partial charge in [0.1, 0.15) is 5.82 Å². The molecular weight excluding hydrogens is 386 g/mol. The minimum absolute atomic E-state index is 0.0310. The minimum atomic E-state index is -0.759. The van der Waals surface area contributed by atoms with Crippen LogP contribution < -0.4 is 4.90 Å². The van der Waals surface area contributed by atoms with Crippen LogP contribution >= 0.6 is 0 Å². The van der Waals surface area contributed by atoms with Gasteiger partial charge in [0.15, 0.2) is 0 Å². The predicted octanol–water partition coefficient (Wildman–Crippen LogP) is 5.72. The normalized spacial score (nSPS) is 17.2. The average Bonchev–Trinajstić information content (AvgIpc) is 3.14. The van der Waals surface area contributed by atoms with E-state index in [9.17, 15) is 9.90 Å². The summed E-state index contributed by atoms with van der Waals surface area (Å²) in [5.41, 5.74) is 4.99. The molecule has 5 nitrogen and oxygen atoms in total. The fraction of sp³-hybridized carbons (Fsp3) is 0.385. The number of hydrogen-bond acceptors (Lipinski definition) is 3. The van der Waals surface area contributed by atoms with Crippen molar-refractivity contribution < 1.29 is 9.90 Å². The fourth-order valence-electron chi connectivity index (χ4n) is 4.82. The van der Waals surface area contributed by atoms with Crippen molar-refractivity contribution in [1.82, 2.24) is 9.78 Å². The molecular formula is C26H31N3O2. The maximum Gasteiger partial charge on any atom is 0.310 e. The van der Waals surface area contributed by atoms with Gasteiger partial charge in [-0.05, 0) is 44.4 Å². The van der Waals surface area contributed by atoms with Gasteiger partial charge in [-0.3, -0.25) is 4.79 Å². The van der Waals surface area contributed by atoms with E-state index in [1.807, 2.05) is 29.8 Å². The Balaban J connectivity index is 2.09. The molecule has 4 rings (SSSR count). The van der Waals surface area contributed by atoms with Crippen LogP contribution in [0.5, 0.6) is 0 Å². The maximum absolute atomic E-state index is 12.4. The standard InChI is InChI=1S/C26H31N3O2/c1-5-9-21(26(30)31)23-18(4)28(16-6-2)25-20-10-7-8-11-22(20)27-29(25)24(23)19-14-12-17(3)13-15-19/h7-8,10-15,18,21H,5-6,9,16H2,1-4H3,(H,30,31). The molecule has 162 valence electrons. The first-order chi connectivity index (χ1) is 15.0. The van der Waals surface area contributed by atoms with Gasteiger partial charge in [0.25, 0.3) is 0 Å². The molecule has 3 aromatic rings. The monoisotopic (exact) mass is 417 g/mol. The number of carbonyl (C=O) groups is 1. The second-order valence-corrected chi connectivity index (χ2v) is 8.47. The first-order valence-electron chi connectivity index (χ1n) is 11.3. The number of nitrogens with zero attached hydrogens (tertiary/aromatic N) is 3. The molecule has 1 aliphatic rings. The third kappa shape index (κ3) is 3.62. The zero-order valence-electron chi connectivity index (χ0n) is 18.8. The Bertz CT molecular complexity index is 1130. The fourth-order valence-corrected chi connectivity index (χ4v) is 4.82. The summed E-state index contributed by atoms with van der Waals surface area (Å²) in [5, 5.41) is 16.3. The molecule has 2 unspecified atom stereocenters. The van der Waals surface area contributed by atoms with Crippen LogP contribution in [0.1, 0.15) is 51.2 Å². The molecule has 0 saturated heterocycles. The molecule has 0 saturated carbocycles. The summed E-state index contributed by atoms with van der Waals surface area (Å²) >= 11 is 0. The van der Waals surface area contributed by atoms with Crippen LogP contribution in [0.2, 0.25) is 0 Å². The van der Waals surface area contributed by atoms with Crippen molar-refractivity contribution in [2.75, 3.05) is 11.4 Å². The van der Waals surface area contributed by atoms with Gasteiger partial charge in [0.2, 0.25) is 0 Å². The SMILES string of the molecule is CCCC(C(=O)O)C1=C(c2ccc(C)cc2)n2nc3ccccc3c2N(CCC)C1C. The molecule has 0 spiro atoms. The number of benzene rings is 2. The van der Waals surface area contributed by atoms with Crippen molar-refractivity contribution in [3.05, 3.63) is 65.2 Å². The quantitative estimate of drug-likeness (QED) is 0.534. The first kappa shape index (κ1) is 21.2. The van der Waals surface area contributed by atoms with Crippen LogP contribution in [0.15, 0.2) is 54.1 Å². The number of aromatic nitrogens is 2. The lowest BCUT2D eigenvalue weighted by atomic mass is 9.84. The van der Waals surface area contributed by atoms with Gasteiger partial charge in [-0.15, -0.1) is 0 Å². The Labute approximate surface area is 184 Å². The Morgan fingerprint density at radius 3 is 2.45 bits per heavy atom. The highest BCUT2D eigenvalue weighted by Crippen LogP contribution is 2.43. The minimum Gasteiger partial charge on any atom is -0.481 e. The number of aryl methyl sites for hydroxylation is 1. The Kier molecular flexibility index (Phi) is 5.86. The van der Waals surface area contributed by atoms with Crippen LogP contribution in [-0.4, -0.2) is 33.4 Å². The van der Waals surface area contributed by atoms with E-state index < -0.39 is 11.9 Å². The number of rotatable bonds is 7. The number of hydrogen-bond donors (Lipinski definition) is 1. The molecule has 0 radical (unpaired) electrons. The summed E-state index contributed by atoms with van der Waals surface area (Å²) in [7, 11) is 0. The lowest BCUT2D eigenvalue weighted by molar-refractivity contribution is -0.140. The van der Waals surface area contributed by atoms with Gasteiger partial charge in [0.05, 0.1) is 23.2 Å². The Hall–Kier alpha value is -3.08. The van der Waals surface area contributed by atoms with Gasteiger partial charge in [-0.25, -0.2) is 4.68 Å². The van der Waals surface area contributed by atoms with Crippen LogP contribution in [0.3, 0.4) is 0 Å². The lowest BCUT2D eigenvalue weighted by Crippen LogP contribution is -2.44. The second kappa shape index (κ2) is 8.58. The summed E-state index contributed by atoms with van der Waals surface area (Å²) in [5.74, 6) is -0.244. The van der Waals surface area contributed by atoms with E-state index in [1.165, 1.54) is 5.56 Å². The summed E-state index contributed by atoms with van der Waals surface area (Å²) in [6.07, 6.45) is 2.40. The van der Waals surface area contributed by atoms with E-state index in [1.54, 1.807) is 0 Å². The zero-order chi connectivity index (χ0) is 22.1. The molecule has 0 fully saturated rings. The summed E-state index contributed by atoms with van der Waals surface area (Å²) < 4.78 is 2.01. The third-order valence-electron chi connectivity index (χ3n) is 6.27. The molecule has 0 bridgehead atoms. The molecule has 1 aromatic heterocycles. The molecule has 1 N–H and O–H groups in total. The van der Waals surface area contributed by atoms with E-state index in [2.05, 4.69) is 56.0 Å². The molecule has 31 heavy (non-hydrogen) atoms. The number of anilines is 1. The Morgan fingerprint density at radius 2 is 1.81 bits per heavy atom. The van der Waals surface area contributed by atoms with Crippen molar-refractivity contribution in [3.8, 4) is 0 Å². The van der Waals surface area contributed by atoms with Crippen molar-refractivity contribution >= 4 is 28.4 Å². The molecule has 2 aromatic carbocycles. The first-order valence-corrected chi connectivity index (χ1v) is 11.3. The molecule has 5 heteroatoms. The van der Waals surface area contributed by atoms with Crippen LogP contribution in [-0.2, 0) is 4.79 Å². The smallest absolute Gasteiger partial charge is 0.310 e. The average molecular weight is 418 g/mol. The van der Waals surface area contributed by atoms with Crippen molar-refractivity contribution in [2.45, 2.75) is 53.0 Å². The van der Waals surface area contributed by atoms with Gasteiger partial charge < -0.3 is 10.0 Å². The molecule has 1 aliphatic heterocycles. The topological polar surface area (TPSA) is 58.4 Å². The van der Waals surface area contributed by atoms with Gasteiger partial charge in [-0.2, -0.15) is 5.10 Å². The predicted molar refractivity (Wildman–Crippen MR) is 126 cm³/mol. The third-order valence-corrected chi connectivity index (χ3v) is 6.27. The highest BCUT2D eigenvalue weighted by atomic mass is 16.4. The summed E-state index contributed by atoms with van der Waals surface area (Å²) in [6.45, 7) is 9.27. The van der Waals surface area contributed by atoms with Crippen molar-refractivity contribution in [3.63, 3.8) is 0 Å². The van der Waals surface area contributed by atoms with E-state index in [4.69, 9.17) is 5.10 Å².